The van der Waals surface area contributed by atoms with Gasteiger partial charge < -0.3 is 10.1 Å². The Hall–Kier alpha value is -2.31. The van der Waals surface area contributed by atoms with Crippen molar-refractivity contribution in [3.05, 3.63) is 72.2 Å². The molecule has 184 valence electrons. The summed E-state index contributed by atoms with van der Waals surface area (Å²) in [7, 11) is 1.27. The molecule has 35 heavy (non-hydrogen) atoms. The number of rotatable bonds is 3. The molecule has 1 N–H and O–H groups in total. The van der Waals surface area contributed by atoms with Crippen LogP contribution in [0.5, 0.6) is 0 Å². The lowest BCUT2D eigenvalue weighted by Crippen LogP contribution is -2.16. The molecule has 0 spiro atoms. The number of ether oxygens (including phenoxy) is 1. The van der Waals surface area contributed by atoms with Gasteiger partial charge >= 0.3 is 5.97 Å². The summed E-state index contributed by atoms with van der Waals surface area (Å²) in [5.74, 6) is -2.75. The number of methoxy groups -OCH3 is 1. The number of fused-ring (bicyclic) bond motifs is 2. The monoisotopic (exact) mass is 679 g/mol. The van der Waals surface area contributed by atoms with E-state index in [-0.39, 0.29) is 23.0 Å². The van der Waals surface area contributed by atoms with E-state index in [1.807, 2.05) is 0 Å². The van der Waals surface area contributed by atoms with Gasteiger partial charge in [0, 0.05) is 38.8 Å². The number of hydrogen-bond acceptors (Lipinski definition) is 5. The average molecular weight is 682 g/mol. The molecule has 4 aromatic rings. The van der Waals surface area contributed by atoms with E-state index in [0.717, 1.165) is 23.8 Å². The van der Waals surface area contributed by atoms with Crippen LogP contribution in [0.3, 0.4) is 0 Å². The van der Waals surface area contributed by atoms with Crippen LogP contribution >= 0.6 is 47.8 Å². The Bertz CT molecular complexity index is 1470. The summed E-state index contributed by atoms with van der Waals surface area (Å²) in [5, 5.41) is 3.28. The number of esters is 1. The summed E-state index contributed by atoms with van der Waals surface area (Å²) < 4.78 is 59.6. The van der Waals surface area contributed by atoms with Crippen molar-refractivity contribution >= 4 is 81.4 Å². The van der Waals surface area contributed by atoms with E-state index in [4.69, 9.17) is 0 Å². The number of pyridine rings is 2. The zero-order chi connectivity index (χ0) is 26.0. The van der Waals surface area contributed by atoms with Crippen molar-refractivity contribution in [3.63, 3.8) is 0 Å². The highest BCUT2D eigenvalue weighted by Crippen LogP contribution is 2.34. The minimum absolute atomic E-state index is 0.0832. The van der Waals surface area contributed by atoms with E-state index >= 15 is 0 Å². The third-order valence-electron chi connectivity index (χ3n) is 4.91. The fourth-order valence-electron chi connectivity index (χ4n) is 3.09. The predicted molar refractivity (Wildman–Crippen MR) is 136 cm³/mol. The zero-order valence-electron chi connectivity index (χ0n) is 18.4. The summed E-state index contributed by atoms with van der Waals surface area (Å²) >= 11 is 9.78. The SMILES string of the molecule is COC(=O)CNc1nc2cc(F)cc(F)c2c(Br)c1C.Cc1c(Br)nc2cc(F)cc(F)c2c1Br. The molecule has 0 aliphatic rings. The van der Waals surface area contributed by atoms with E-state index in [1.165, 1.54) is 13.2 Å². The molecule has 12 heteroatoms. The highest BCUT2D eigenvalue weighted by atomic mass is 79.9. The van der Waals surface area contributed by atoms with Gasteiger partial charge in [-0.2, -0.15) is 0 Å². The van der Waals surface area contributed by atoms with Crippen molar-refractivity contribution in [2.75, 3.05) is 19.0 Å². The Morgan fingerprint density at radius 2 is 1.34 bits per heavy atom. The van der Waals surface area contributed by atoms with E-state index in [2.05, 4.69) is 67.8 Å². The summed E-state index contributed by atoms with van der Waals surface area (Å²) in [4.78, 5) is 19.3. The van der Waals surface area contributed by atoms with Gasteiger partial charge in [0.15, 0.2) is 0 Å². The number of benzene rings is 2. The van der Waals surface area contributed by atoms with Crippen LogP contribution in [0.25, 0.3) is 21.8 Å². The third kappa shape index (κ3) is 5.92. The molecule has 0 saturated carbocycles. The van der Waals surface area contributed by atoms with E-state index in [0.29, 0.717) is 30.3 Å². The van der Waals surface area contributed by atoms with Crippen LogP contribution in [-0.4, -0.2) is 29.6 Å². The number of carbonyl (C=O) groups excluding carboxylic acids is 1. The van der Waals surface area contributed by atoms with Crippen LogP contribution in [0.15, 0.2) is 37.8 Å². The molecule has 0 bridgehead atoms. The standard InChI is InChI=1S/C13H11BrF2N2O2.C10H5Br2F2N/c1-6-12(14)11-8(16)3-7(15)4-9(11)18-13(6)17-5-10(19)20-2;1-4-9(11)8-6(14)2-5(13)3-7(8)15-10(4)12/h3-4H,5H2,1-2H3,(H,17,18);2-3H,1H3. The zero-order valence-corrected chi connectivity index (χ0v) is 23.1. The Morgan fingerprint density at radius 3 is 1.86 bits per heavy atom. The topological polar surface area (TPSA) is 64.1 Å². The second-order valence-corrected chi connectivity index (χ2v) is 9.57. The van der Waals surface area contributed by atoms with Crippen LogP contribution < -0.4 is 5.32 Å². The van der Waals surface area contributed by atoms with E-state index < -0.39 is 29.2 Å². The molecule has 0 atom stereocenters. The Labute approximate surface area is 222 Å². The number of halogens is 7. The van der Waals surface area contributed by atoms with Gasteiger partial charge in [-0.3, -0.25) is 4.79 Å². The van der Waals surface area contributed by atoms with Crippen LogP contribution in [-0.2, 0) is 9.53 Å². The molecule has 4 rings (SSSR count). The van der Waals surface area contributed by atoms with Crippen molar-refractivity contribution in [3.8, 4) is 0 Å². The maximum atomic E-state index is 13.8. The van der Waals surface area contributed by atoms with Crippen molar-refractivity contribution in [2.45, 2.75) is 13.8 Å². The number of nitrogens with zero attached hydrogens (tertiary/aromatic N) is 2. The molecule has 5 nitrogen and oxygen atoms in total. The molecular formula is C23H16Br3F4N3O2. The van der Waals surface area contributed by atoms with Crippen molar-refractivity contribution in [2.24, 2.45) is 0 Å². The minimum Gasteiger partial charge on any atom is -0.468 e. The van der Waals surface area contributed by atoms with Crippen LogP contribution in [0.1, 0.15) is 11.1 Å². The predicted octanol–water partition coefficient (Wildman–Crippen LogP) is 7.52. The van der Waals surface area contributed by atoms with Crippen molar-refractivity contribution < 1.29 is 27.1 Å². The summed E-state index contributed by atoms with van der Waals surface area (Å²) in [6, 6.07) is 3.98. The lowest BCUT2D eigenvalue weighted by molar-refractivity contribution is -0.138. The highest BCUT2D eigenvalue weighted by molar-refractivity contribution is 9.11. The first-order chi connectivity index (χ1) is 16.4. The van der Waals surface area contributed by atoms with Crippen LogP contribution in [0.2, 0.25) is 0 Å². The lowest BCUT2D eigenvalue weighted by atomic mass is 10.1. The summed E-state index contributed by atoms with van der Waals surface area (Å²) in [6.45, 7) is 3.42. The van der Waals surface area contributed by atoms with Crippen LogP contribution in [0.4, 0.5) is 23.4 Å². The molecule has 2 aromatic heterocycles. The second kappa shape index (κ2) is 11.2. The van der Waals surface area contributed by atoms with Gasteiger partial charge in [-0.25, -0.2) is 27.5 Å². The van der Waals surface area contributed by atoms with E-state index in [1.54, 1.807) is 13.8 Å². The van der Waals surface area contributed by atoms with Gasteiger partial charge in [0.2, 0.25) is 0 Å². The minimum atomic E-state index is -0.711. The molecule has 2 aromatic carbocycles. The maximum Gasteiger partial charge on any atom is 0.325 e. The quantitative estimate of drug-likeness (QED) is 0.138. The second-order valence-electron chi connectivity index (χ2n) is 7.23. The van der Waals surface area contributed by atoms with Crippen molar-refractivity contribution in [1.29, 1.82) is 0 Å². The largest absolute Gasteiger partial charge is 0.468 e. The van der Waals surface area contributed by atoms with Gasteiger partial charge in [-0.05, 0) is 67.2 Å². The fourth-order valence-corrected chi connectivity index (χ4v) is 4.91. The van der Waals surface area contributed by atoms with Gasteiger partial charge in [-0.15, -0.1) is 0 Å². The number of anilines is 1. The van der Waals surface area contributed by atoms with Gasteiger partial charge in [0.05, 0.1) is 28.9 Å². The van der Waals surface area contributed by atoms with Crippen molar-refractivity contribution in [1.82, 2.24) is 9.97 Å². The number of hydrogen-bond donors (Lipinski definition) is 1. The third-order valence-corrected chi connectivity index (χ3v) is 7.66. The molecule has 0 unspecified atom stereocenters. The molecule has 0 aliphatic carbocycles. The summed E-state index contributed by atoms with van der Waals surface area (Å²) in [5.41, 5.74) is 1.85. The normalized spacial score (nSPS) is 10.8. The molecule has 0 radical (unpaired) electrons. The maximum absolute atomic E-state index is 13.8. The first kappa shape index (κ1) is 27.3. The Kier molecular flexibility index (Phi) is 8.71. The van der Waals surface area contributed by atoms with Gasteiger partial charge in [0.1, 0.15) is 40.2 Å². The Morgan fingerprint density at radius 1 is 0.857 bits per heavy atom. The molecule has 0 saturated heterocycles. The first-order valence-corrected chi connectivity index (χ1v) is 12.2. The van der Waals surface area contributed by atoms with Gasteiger partial charge in [-0.1, -0.05) is 0 Å². The smallest absolute Gasteiger partial charge is 0.325 e. The van der Waals surface area contributed by atoms with E-state index in [9.17, 15) is 22.4 Å². The molecule has 0 aliphatic heterocycles. The number of carbonyl (C=O) groups is 1. The molecular weight excluding hydrogens is 666 g/mol. The van der Waals surface area contributed by atoms with Gasteiger partial charge in [0.25, 0.3) is 0 Å². The Balaban J connectivity index is 0.000000203. The fraction of sp³-hybridized carbons (Fsp3) is 0.174. The number of aromatic nitrogens is 2. The molecule has 0 fully saturated rings. The van der Waals surface area contributed by atoms with Crippen LogP contribution in [0, 0.1) is 37.1 Å². The first-order valence-electron chi connectivity index (χ1n) is 9.80. The molecule has 2 heterocycles. The summed E-state index contributed by atoms with van der Waals surface area (Å²) in [6.07, 6.45) is 0. The molecule has 0 amide bonds. The number of nitrogens with one attached hydrogen (secondary N) is 1. The highest BCUT2D eigenvalue weighted by Gasteiger charge is 2.16. The lowest BCUT2D eigenvalue weighted by Gasteiger charge is -2.12. The average Bonchev–Trinajstić information content (AvgIpc) is 2.78.